The van der Waals surface area contributed by atoms with E-state index in [4.69, 9.17) is 10.7 Å². The molecule has 0 bridgehead atoms. The molecule has 35 heavy (non-hydrogen) atoms. The highest BCUT2D eigenvalue weighted by atomic mass is 32.1. The first-order valence-electron chi connectivity index (χ1n) is 11.2. The van der Waals surface area contributed by atoms with Crippen molar-refractivity contribution in [3.8, 4) is 33.1 Å². The van der Waals surface area contributed by atoms with Crippen LogP contribution in [0.25, 0.3) is 54.9 Å². The van der Waals surface area contributed by atoms with E-state index in [1.54, 1.807) is 30.9 Å². The van der Waals surface area contributed by atoms with Crippen LogP contribution in [-0.2, 0) is 0 Å². The van der Waals surface area contributed by atoms with Crippen molar-refractivity contribution in [1.82, 2.24) is 30.1 Å². The van der Waals surface area contributed by atoms with Gasteiger partial charge in [0.15, 0.2) is 5.13 Å². The zero-order valence-corrected chi connectivity index (χ0v) is 19.2. The third kappa shape index (κ3) is 3.37. The maximum Gasteiger partial charge on any atom is 0.176 e. The van der Waals surface area contributed by atoms with Crippen molar-refractivity contribution >= 4 is 39.0 Å². The molecule has 8 nitrogen and oxygen atoms in total. The molecule has 0 saturated carbocycles. The number of nitrogens with two attached hydrogens (primary N) is 1. The summed E-state index contributed by atoms with van der Waals surface area (Å²) in [6, 6.07) is 11.6. The molecule has 0 atom stereocenters. The van der Waals surface area contributed by atoms with Gasteiger partial charge in [-0.2, -0.15) is 9.49 Å². The molecular weight excluding hydrogens is 463 g/mol. The number of hydrogen-bond acceptors (Lipinski definition) is 7. The average Bonchev–Trinajstić information content (AvgIpc) is 3.59. The number of aromatic nitrogens is 6. The number of fused-ring (bicyclic) bond motifs is 2. The SMILES string of the molecule is NC1CN(c2cncc(-c3ccc4[nH]nc(-c5cc6c(-c7ccc(F)s7)cncc6[nH]5)c4c3)n2)C1. The zero-order valence-electron chi connectivity index (χ0n) is 18.4. The van der Waals surface area contributed by atoms with E-state index in [2.05, 4.69) is 36.1 Å². The van der Waals surface area contributed by atoms with Crippen LogP contribution in [0.4, 0.5) is 10.2 Å². The van der Waals surface area contributed by atoms with Crippen LogP contribution in [-0.4, -0.2) is 49.3 Å². The summed E-state index contributed by atoms with van der Waals surface area (Å²) < 4.78 is 13.7. The molecular formula is C25H19FN8S. The Labute approximate surface area is 202 Å². The van der Waals surface area contributed by atoms with Crippen molar-refractivity contribution in [2.45, 2.75) is 6.04 Å². The number of nitrogens with one attached hydrogen (secondary N) is 2. The Kier molecular flexibility index (Phi) is 4.45. The second kappa shape index (κ2) is 7.69. The molecule has 0 radical (unpaired) electrons. The molecule has 0 spiro atoms. The summed E-state index contributed by atoms with van der Waals surface area (Å²) >= 11 is 1.11. The Bertz CT molecular complexity index is 1710. The van der Waals surface area contributed by atoms with Gasteiger partial charge < -0.3 is 15.6 Å². The number of benzene rings is 1. The van der Waals surface area contributed by atoms with Gasteiger partial charge in [-0.15, -0.1) is 11.3 Å². The van der Waals surface area contributed by atoms with Crippen LogP contribution in [0.2, 0.25) is 0 Å². The number of rotatable bonds is 4. The van der Waals surface area contributed by atoms with Gasteiger partial charge in [-0.05, 0) is 30.3 Å². The van der Waals surface area contributed by atoms with Crippen LogP contribution >= 0.6 is 11.3 Å². The quantitative estimate of drug-likeness (QED) is 0.339. The van der Waals surface area contributed by atoms with Crippen LogP contribution in [0, 0.1) is 5.13 Å². The van der Waals surface area contributed by atoms with Gasteiger partial charge in [-0.3, -0.25) is 15.1 Å². The summed E-state index contributed by atoms with van der Waals surface area (Å²) in [4.78, 5) is 19.9. The second-order valence-corrected chi connectivity index (χ2v) is 9.73. The summed E-state index contributed by atoms with van der Waals surface area (Å²) in [5.41, 5.74) is 12.0. The van der Waals surface area contributed by atoms with Gasteiger partial charge in [0.05, 0.1) is 41.0 Å². The molecule has 1 aliphatic heterocycles. The summed E-state index contributed by atoms with van der Waals surface area (Å²) in [6.07, 6.45) is 7.08. The van der Waals surface area contributed by atoms with Crippen molar-refractivity contribution in [1.29, 1.82) is 0 Å². The van der Waals surface area contributed by atoms with Gasteiger partial charge in [0.25, 0.3) is 0 Å². The molecule has 10 heteroatoms. The van der Waals surface area contributed by atoms with Crippen LogP contribution in [0.3, 0.4) is 0 Å². The number of pyridine rings is 1. The van der Waals surface area contributed by atoms with Crippen LogP contribution in [0.15, 0.2) is 61.2 Å². The first-order chi connectivity index (χ1) is 17.1. The van der Waals surface area contributed by atoms with E-state index in [-0.39, 0.29) is 11.2 Å². The van der Waals surface area contributed by atoms with E-state index in [0.29, 0.717) is 0 Å². The largest absolute Gasteiger partial charge is 0.352 e. The minimum absolute atomic E-state index is 0.191. The van der Waals surface area contributed by atoms with Gasteiger partial charge in [0, 0.05) is 52.1 Å². The van der Waals surface area contributed by atoms with Crippen molar-refractivity contribution in [2.75, 3.05) is 18.0 Å². The number of anilines is 1. The smallest absolute Gasteiger partial charge is 0.176 e. The fourth-order valence-electron chi connectivity index (χ4n) is 4.56. The monoisotopic (exact) mass is 482 g/mol. The van der Waals surface area contributed by atoms with E-state index < -0.39 is 0 Å². The van der Waals surface area contributed by atoms with Crippen LogP contribution in [0.1, 0.15) is 0 Å². The van der Waals surface area contributed by atoms with Gasteiger partial charge in [-0.1, -0.05) is 6.07 Å². The molecule has 1 aromatic carbocycles. The predicted molar refractivity (Wildman–Crippen MR) is 136 cm³/mol. The van der Waals surface area contributed by atoms with Crippen molar-refractivity contribution in [2.24, 2.45) is 5.73 Å². The van der Waals surface area contributed by atoms with Gasteiger partial charge >= 0.3 is 0 Å². The summed E-state index contributed by atoms with van der Waals surface area (Å²) in [7, 11) is 0. The average molecular weight is 483 g/mol. The molecule has 0 unspecified atom stereocenters. The van der Waals surface area contributed by atoms with E-state index in [9.17, 15) is 4.39 Å². The molecule has 172 valence electrons. The Morgan fingerprint density at radius 2 is 1.86 bits per heavy atom. The fourth-order valence-corrected chi connectivity index (χ4v) is 5.31. The van der Waals surface area contributed by atoms with E-state index in [0.717, 1.165) is 85.1 Å². The molecule has 1 aliphatic rings. The van der Waals surface area contributed by atoms with E-state index >= 15 is 0 Å². The molecule has 6 aromatic rings. The molecule has 6 heterocycles. The predicted octanol–water partition coefficient (Wildman–Crippen LogP) is 4.58. The summed E-state index contributed by atoms with van der Waals surface area (Å²) in [6.45, 7) is 1.58. The maximum absolute atomic E-state index is 13.7. The number of H-pyrrole nitrogens is 2. The third-order valence-corrected chi connectivity index (χ3v) is 7.26. The van der Waals surface area contributed by atoms with Gasteiger partial charge in [0.2, 0.25) is 0 Å². The Hall–Kier alpha value is -4.15. The fraction of sp³-hybridized carbons (Fsp3) is 0.120. The number of thiophene rings is 1. The highest BCUT2D eigenvalue weighted by Gasteiger charge is 2.24. The Morgan fingerprint density at radius 3 is 2.69 bits per heavy atom. The normalized spacial score (nSPS) is 14.2. The van der Waals surface area contributed by atoms with Gasteiger partial charge in [-0.25, -0.2) is 4.98 Å². The van der Waals surface area contributed by atoms with E-state index in [1.807, 2.05) is 18.2 Å². The standard InChI is InChI=1S/C25H19FN8S/c26-23-4-3-22(35-23)17-7-28-9-21-15(17)6-19(30-21)25-16-5-13(1-2-18(16)32-33-25)20-8-29-10-24(31-20)34-11-14(27)12-34/h1-10,14,30H,11-12,27H2,(H,32,33). The highest BCUT2D eigenvalue weighted by Crippen LogP contribution is 2.36. The van der Waals surface area contributed by atoms with Crippen LogP contribution in [0.5, 0.6) is 0 Å². The molecule has 5 aromatic heterocycles. The van der Waals surface area contributed by atoms with Gasteiger partial charge in [0.1, 0.15) is 11.5 Å². The Balaban J connectivity index is 1.31. The number of aromatic amines is 2. The molecule has 0 aliphatic carbocycles. The topological polar surface area (TPSA) is 112 Å². The van der Waals surface area contributed by atoms with E-state index in [1.165, 1.54) is 6.07 Å². The highest BCUT2D eigenvalue weighted by molar-refractivity contribution is 7.14. The molecule has 4 N–H and O–H groups in total. The minimum atomic E-state index is -0.220. The minimum Gasteiger partial charge on any atom is -0.352 e. The number of halogens is 1. The number of hydrogen-bond donors (Lipinski definition) is 3. The van der Waals surface area contributed by atoms with Crippen molar-refractivity contribution in [3.05, 3.63) is 66.3 Å². The van der Waals surface area contributed by atoms with Crippen LogP contribution < -0.4 is 10.6 Å². The lowest BCUT2D eigenvalue weighted by atomic mass is 10.1. The molecule has 1 saturated heterocycles. The maximum atomic E-state index is 13.7. The third-order valence-electron chi connectivity index (χ3n) is 6.35. The zero-order chi connectivity index (χ0) is 23.5. The summed E-state index contributed by atoms with van der Waals surface area (Å²) in [5.74, 6) is 0.831. The lowest BCUT2D eigenvalue weighted by Gasteiger charge is -2.37. The first-order valence-corrected chi connectivity index (χ1v) is 12.0. The van der Waals surface area contributed by atoms with Crippen molar-refractivity contribution in [3.63, 3.8) is 0 Å². The number of nitrogens with zero attached hydrogens (tertiary/aromatic N) is 5. The summed E-state index contributed by atoms with van der Waals surface area (Å²) in [5, 5.41) is 9.42. The lowest BCUT2D eigenvalue weighted by Crippen LogP contribution is -2.56. The first kappa shape index (κ1) is 20.2. The molecule has 1 fully saturated rings. The lowest BCUT2D eigenvalue weighted by molar-refractivity contribution is 0.514. The molecule has 7 rings (SSSR count). The molecule has 0 amide bonds. The second-order valence-electron chi connectivity index (χ2n) is 8.70. The van der Waals surface area contributed by atoms with Crippen molar-refractivity contribution < 1.29 is 4.39 Å². The Morgan fingerprint density at radius 1 is 0.971 bits per heavy atom.